The monoisotopic (exact) mass is 342 g/mol. The van der Waals surface area contributed by atoms with Crippen LogP contribution in [-0.2, 0) is 0 Å². The predicted molar refractivity (Wildman–Crippen MR) is 84.5 cm³/mol. The first-order valence-corrected chi connectivity index (χ1v) is 7.10. The molecule has 0 atom stereocenters. The molecule has 0 saturated heterocycles. The highest BCUT2D eigenvalue weighted by molar-refractivity contribution is 9.10. The Bertz CT molecular complexity index is 816. The van der Waals surface area contributed by atoms with Gasteiger partial charge in [-0.05, 0) is 27.6 Å². The van der Waals surface area contributed by atoms with Crippen LogP contribution in [-0.4, -0.2) is 9.97 Å². The maximum Gasteiger partial charge on any atom is 0.268 e. The van der Waals surface area contributed by atoms with Gasteiger partial charge < -0.3 is 9.72 Å². The molecular formula is C16H11BrN2O2. The number of nitrogens with zero attached hydrogens (tertiary/aromatic N) is 1. The maximum absolute atomic E-state index is 11.6. The van der Waals surface area contributed by atoms with Gasteiger partial charge in [0.05, 0.1) is 6.33 Å². The van der Waals surface area contributed by atoms with Crippen LogP contribution in [0.4, 0.5) is 0 Å². The average molecular weight is 343 g/mol. The third kappa shape index (κ3) is 2.87. The van der Waals surface area contributed by atoms with Gasteiger partial charge in [0.2, 0.25) is 5.88 Å². The number of aromatic amines is 1. The highest BCUT2D eigenvalue weighted by Crippen LogP contribution is 2.33. The molecule has 0 fully saturated rings. The minimum Gasteiger partial charge on any atom is -0.437 e. The molecule has 21 heavy (non-hydrogen) atoms. The lowest BCUT2D eigenvalue weighted by Crippen LogP contribution is -2.08. The van der Waals surface area contributed by atoms with Gasteiger partial charge in [0.1, 0.15) is 10.2 Å². The summed E-state index contributed by atoms with van der Waals surface area (Å²) in [5, 5.41) is 0. The summed E-state index contributed by atoms with van der Waals surface area (Å²) in [6.45, 7) is 0. The number of aromatic nitrogens is 2. The van der Waals surface area contributed by atoms with Gasteiger partial charge >= 0.3 is 0 Å². The summed E-state index contributed by atoms with van der Waals surface area (Å²) in [6.07, 6.45) is 1.31. The minimum absolute atomic E-state index is 0.238. The number of hydrogen-bond acceptors (Lipinski definition) is 3. The minimum atomic E-state index is -0.280. The molecule has 0 aliphatic carbocycles. The van der Waals surface area contributed by atoms with Gasteiger partial charge in [-0.3, -0.25) is 4.79 Å². The number of nitrogens with one attached hydrogen (secondary N) is 1. The van der Waals surface area contributed by atoms with E-state index in [0.29, 0.717) is 5.75 Å². The van der Waals surface area contributed by atoms with Gasteiger partial charge in [-0.1, -0.05) is 48.5 Å². The second-order valence-corrected chi connectivity index (χ2v) is 5.11. The van der Waals surface area contributed by atoms with Crippen molar-refractivity contribution in [3.05, 3.63) is 75.8 Å². The molecular weight excluding hydrogens is 332 g/mol. The number of H-pyrrole nitrogens is 1. The molecule has 1 N–H and O–H groups in total. The molecule has 3 aromatic rings. The van der Waals surface area contributed by atoms with Gasteiger partial charge in [-0.15, -0.1) is 0 Å². The second-order valence-electron chi connectivity index (χ2n) is 4.32. The van der Waals surface area contributed by atoms with E-state index in [4.69, 9.17) is 4.74 Å². The Morgan fingerprint density at radius 3 is 2.52 bits per heavy atom. The molecule has 0 spiro atoms. The molecule has 2 aromatic carbocycles. The Hall–Kier alpha value is -2.40. The Morgan fingerprint density at radius 2 is 1.71 bits per heavy atom. The summed E-state index contributed by atoms with van der Waals surface area (Å²) in [6, 6.07) is 17.5. The molecule has 0 unspecified atom stereocenters. The van der Waals surface area contributed by atoms with Crippen LogP contribution in [0.3, 0.4) is 0 Å². The van der Waals surface area contributed by atoms with Crippen LogP contribution in [0.15, 0.2) is 70.2 Å². The largest absolute Gasteiger partial charge is 0.437 e. The van der Waals surface area contributed by atoms with Crippen molar-refractivity contribution < 1.29 is 4.74 Å². The van der Waals surface area contributed by atoms with E-state index in [1.165, 1.54) is 6.33 Å². The topological polar surface area (TPSA) is 55.0 Å². The summed E-state index contributed by atoms with van der Waals surface area (Å²) in [4.78, 5) is 18.1. The van der Waals surface area contributed by atoms with Crippen LogP contribution >= 0.6 is 15.9 Å². The lowest BCUT2D eigenvalue weighted by Gasteiger charge is -2.11. The van der Waals surface area contributed by atoms with Crippen LogP contribution in [0.25, 0.3) is 11.1 Å². The molecule has 1 aromatic heterocycles. The Balaban J connectivity index is 2.04. The highest BCUT2D eigenvalue weighted by Gasteiger charge is 2.11. The molecule has 104 valence electrons. The van der Waals surface area contributed by atoms with Crippen molar-refractivity contribution in [2.75, 3.05) is 0 Å². The second kappa shape index (κ2) is 5.93. The third-order valence-electron chi connectivity index (χ3n) is 2.94. The number of rotatable bonds is 3. The lowest BCUT2D eigenvalue weighted by molar-refractivity contribution is 0.458. The summed E-state index contributed by atoms with van der Waals surface area (Å²) in [5.74, 6) is 0.879. The fourth-order valence-corrected chi connectivity index (χ4v) is 2.25. The van der Waals surface area contributed by atoms with Gasteiger partial charge in [-0.25, -0.2) is 4.98 Å². The van der Waals surface area contributed by atoms with E-state index in [2.05, 4.69) is 25.9 Å². The SMILES string of the molecule is O=c1[nH]cnc(Oc2ccccc2-c2ccccc2)c1Br. The summed E-state index contributed by atoms with van der Waals surface area (Å²) in [7, 11) is 0. The Kier molecular flexibility index (Phi) is 3.83. The van der Waals surface area contributed by atoms with Gasteiger partial charge in [0.25, 0.3) is 5.56 Å². The maximum atomic E-state index is 11.6. The quantitative estimate of drug-likeness (QED) is 0.782. The van der Waals surface area contributed by atoms with E-state index in [1.54, 1.807) is 0 Å². The van der Waals surface area contributed by atoms with Crippen molar-refractivity contribution in [2.24, 2.45) is 0 Å². The van der Waals surface area contributed by atoms with Crippen LogP contribution in [0, 0.1) is 0 Å². The molecule has 0 amide bonds. The van der Waals surface area contributed by atoms with E-state index < -0.39 is 0 Å². The van der Waals surface area contributed by atoms with Gasteiger partial charge in [0.15, 0.2) is 0 Å². The first kappa shape index (κ1) is 13.6. The van der Waals surface area contributed by atoms with Crippen molar-refractivity contribution in [2.45, 2.75) is 0 Å². The summed E-state index contributed by atoms with van der Waals surface area (Å²) in [5.41, 5.74) is 1.69. The number of para-hydroxylation sites is 1. The van der Waals surface area contributed by atoms with Crippen molar-refractivity contribution >= 4 is 15.9 Å². The number of hydrogen-bond donors (Lipinski definition) is 1. The standard InChI is InChI=1S/C16H11BrN2O2/c17-14-15(20)18-10-19-16(14)21-13-9-5-4-8-12(13)11-6-2-1-3-7-11/h1-10H,(H,18,19,20). The van der Waals surface area contributed by atoms with Crippen LogP contribution in [0.1, 0.15) is 0 Å². The van der Waals surface area contributed by atoms with Crippen molar-refractivity contribution in [1.82, 2.24) is 9.97 Å². The zero-order valence-corrected chi connectivity index (χ0v) is 12.5. The number of halogens is 1. The van der Waals surface area contributed by atoms with Gasteiger partial charge in [-0.2, -0.15) is 0 Å². The summed E-state index contributed by atoms with van der Waals surface area (Å²) >= 11 is 3.19. The number of ether oxygens (including phenoxy) is 1. The lowest BCUT2D eigenvalue weighted by atomic mass is 10.1. The normalized spacial score (nSPS) is 10.3. The van der Waals surface area contributed by atoms with Crippen molar-refractivity contribution in [3.63, 3.8) is 0 Å². The Morgan fingerprint density at radius 1 is 1.00 bits per heavy atom. The van der Waals surface area contributed by atoms with E-state index >= 15 is 0 Å². The van der Waals surface area contributed by atoms with Crippen LogP contribution in [0.5, 0.6) is 11.6 Å². The molecule has 0 aliphatic rings. The predicted octanol–water partition coefficient (Wildman–Crippen LogP) is 3.99. The zero-order chi connectivity index (χ0) is 14.7. The fourth-order valence-electron chi connectivity index (χ4n) is 1.95. The first-order valence-electron chi connectivity index (χ1n) is 6.31. The molecule has 0 saturated carbocycles. The first-order chi connectivity index (χ1) is 10.3. The van der Waals surface area contributed by atoms with E-state index in [1.807, 2.05) is 54.6 Å². The Labute approximate surface area is 129 Å². The molecule has 0 radical (unpaired) electrons. The molecule has 3 rings (SSSR count). The molecule has 1 heterocycles. The molecule has 0 aliphatic heterocycles. The van der Waals surface area contributed by atoms with Crippen molar-refractivity contribution in [3.8, 4) is 22.8 Å². The molecule has 4 nitrogen and oxygen atoms in total. The average Bonchev–Trinajstić information content (AvgIpc) is 2.53. The fraction of sp³-hybridized carbons (Fsp3) is 0. The van der Waals surface area contributed by atoms with E-state index in [9.17, 15) is 4.79 Å². The smallest absolute Gasteiger partial charge is 0.268 e. The molecule has 5 heteroatoms. The van der Waals surface area contributed by atoms with Crippen LogP contribution in [0.2, 0.25) is 0 Å². The van der Waals surface area contributed by atoms with Crippen molar-refractivity contribution in [1.29, 1.82) is 0 Å². The third-order valence-corrected chi connectivity index (χ3v) is 3.64. The molecule has 0 bridgehead atoms. The van der Waals surface area contributed by atoms with E-state index in [0.717, 1.165) is 11.1 Å². The van der Waals surface area contributed by atoms with E-state index in [-0.39, 0.29) is 15.9 Å². The zero-order valence-electron chi connectivity index (χ0n) is 10.9. The number of benzene rings is 2. The summed E-state index contributed by atoms with van der Waals surface area (Å²) < 4.78 is 6.07. The van der Waals surface area contributed by atoms with Gasteiger partial charge in [0, 0.05) is 5.56 Å². The van der Waals surface area contributed by atoms with Crippen LogP contribution < -0.4 is 10.3 Å². The highest BCUT2D eigenvalue weighted by atomic mass is 79.9.